The van der Waals surface area contributed by atoms with Crippen molar-refractivity contribution in [3.8, 4) is 0 Å². The van der Waals surface area contributed by atoms with Crippen molar-refractivity contribution >= 4 is 17.4 Å². The fourth-order valence-electron chi connectivity index (χ4n) is 2.19. The third-order valence-corrected chi connectivity index (χ3v) is 3.42. The molecule has 2 rings (SSSR count). The summed E-state index contributed by atoms with van der Waals surface area (Å²) in [4.78, 5) is 24.5. The summed E-state index contributed by atoms with van der Waals surface area (Å²) in [7, 11) is 0. The zero-order chi connectivity index (χ0) is 18.4. The molecule has 0 spiro atoms. The summed E-state index contributed by atoms with van der Waals surface area (Å²) in [5.41, 5.74) is 0.230. The second-order valence-electron chi connectivity index (χ2n) is 5.18. The van der Waals surface area contributed by atoms with Gasteiger partial charge in [0.05, 0.1) is 6.61 Å². The number of ether oxygens (including phenoxy) is 1. The van der Waals surface area contributed by atoms with E-state index in [1.807, 2.05) is 0 Å². The molecular weight excluding hydrogens is 332 g/mol. The number of hydrogen-bond donors (Lipinski definition) is 2. The molecule has 0 aliphatic heterocycles. The van der Waals surface area contributed by atoms with Crippen LogP contribution in [0, 0.1) is 11.6 Å². The van der Waals surface area contributed by atoms with Gasteiger partial charge in [-0.05, 0) is 19.1 Å². The van der Waals surface area contributed by atoms with Crippen molar-refractivity contribution in [1.82, 2.24) is 0 Å². The van der Waals surface area contributed by atoms with Gasteiger partial charge >= 0.3 is 5.97 Å². The number of halogens is 2. The Morgan fingerprint density at radius 3 is 2.40 bits per heavy atom. The Balaban J connectivity index is 2.27. The average molecular weight is 349 g/mol. The highest BCUT2D eigenvalue weighted by Crippen LogP contribution is 2.17. The van der Waals surface area contributed by atoms with Crippen molar-refractivity contribution < 1.29 is 28.2 Å². The van der Waals surface area contributed by atoms with Gasteiger partial charge in [-0.15, -0.1) is 0 Å². The predicted octanol–water partition coefficient (Wildman–Crippen LogP) is 2.55. The van der Waals surface area contributed by atoms with Gasteiger partial charge in [0, 0.05) is 17.3 Å². The highest BCUT2D eigenvalue weighted by atomic mass is 19.2. The molecule has 2 unspecified atom stereocenters. The van der Waals surface area contributed by atoms with E-state index in [-0.39, 0.29) is 17.9 Å². The third kappa shape index (κ3) is 4.60. The molecule has 0 aromatic heterocycles. The van der Waals surface area contributed by atoms with E-state index in [4.69, 9.17) is 4.74 Å². The fraction of sp³-hybridized carbons (Fsp3) is 0.222. The molecule has 0 saturated heterocycles. The van der Waals surface area contributed by atoms with E-state index in [2.05, 4.69) is 5.32 Å². The van der Waals surface area contributed by atoms with Gasteiger partial charge < -0.3 is 15.2 Å². The molecule has 2 atom stereocenters. The fourth-order valence-corrected chi connectivity index (χ4v) is 2.19. The third-order valence-electron chi connectivity index (χ3n) is 3.42. The van der Waals surface area contributed by atoms with Crippen molar-refractivity contribution in [2.45, 2.75) is 19.1 Å². The number of ketones is 1. The van der Waals surface area contributed by atoms with Crippen LogP contribution in [0.2, 0.25) is 0 Å². The number of benzene rings is 2. The summed E-state index contributed by atoms with van der Waals surface area (Å²) in [5.74, 6) is -3.77. The van der Waals surface area contributed by atoms with Gasteiger partial charge in [-0.25, -0.2) is 13.6 Å². The van der Waals surface area contributed by atoms with E-state index in [1.165, 1.54) is 18.2 Å². The molecule has 0 amide bonds. The molecule has 2 aromatic carbocycles. The Hall–Kier alpha value is -2.80. The number of hydrogen-bond acceptors (Lipinski definition) is 5. The zero-order valence-corrected chi connectivity index (χ0v) is 13.4. The van der Waals surface area contributed by atoms with E-state index in [1.54, 1.807) is 25.1 Å². The number of nitrogens with one attached hydrogen (secondary N) is 1. The van der Waals surface area contributed by atoms with Crippen LogP contribution in [0.4, 0.5) is 14.5 Å². The maximum absolute atomic E-state index is 13.3. The van der Waals surface area contributed by atoms with Crippen LogP contribution < -0.4 is 5.32 Å². The van der Waals surface area contributed by atoms with E-state index in [9.17, 15) is 23.5 Å². The van der Waals surface area contributed by atoms with Gasteiger partial charge in [-0.3, -0.25) is 4.79 Å². The Labute approximate surface area is 143 Å². The lowest BCUT2D eigenvalue weighted by atomic mass is 10.00. The van der Waals surface area contributed by atoms with E-state index in [0.717, 1.165) is 12.1 Å². The maximum atomic E-state index is 13.3. The summed E-state index contributed by atoms with van der Waals surface area (Å²) >= 11 is 0. The summed E-state index contributed by atoms with van der Waals surface area (Å²) < 4.78 is 31.2. The average Bonchev–Trinajstić information content (AvgIpc) is 2.62. The first-order valence-electron chi connectivity index (χ1n) is 7.59. The van der Waals surface area contributed by atoms with Crippen LogP contribution in [0.25, 0.3) is 0 Å². The number of Topliss-reactive ketones (excluding diaryl/α,β-unsaturated/α-hetero) is 1. The second-order valence-corrected chi connectivity index (χ2v) is 5.18. The minimum atomic E-state index is -1.77. The molecule has 0 bridgehead atoms. The number of aliphatic hydroxyl groups is 1. The Bertz CT molecular complexity index is 752. The van der Waals surface area contributed by atoms with Crippen molar-refractivity contribution in [1.29, 1.82) is 0 Å². The Morgan fingerprint density at radius 1 is 1.12 bits per heavy atom. The standard InChI is InChI=1S/C18H17F2NO4/c1-2-25-18(24)15(21-12-8-9-13(19)14(20)10-12)17(23)16(22)11-6-4-3-5-7-11/h3-10,15,17,21,23H,2H2,1H3. The smallest absolute Gasteiger partial charge is 0.331 e. The molecule has 2 aromatic rings. The van der Waals surface area contributed by atoms with E-state index < -0.39 is 35.5 Å². The molecule has 0 saturated carbocycles. The van der Waals surface area contributed by atoms with Gasteiger partial charge in [0.1, 0.15) is 6.10 Å². The molecular formula is C18H17F2NO4. The van der Waals surface area contributed by atoms with Crippen LogP contribution in [-0.2, 0) is 9.53 Å². The van der Waals surface area contributed by atoms with Crippen LogP contribution in [0.5, 0.6) is 0 Å². The molecule has 0 heterocycles. The number of esters is 1. The molecule has 0 aliphatic rings. The minimum absolute atomic E-state index is 0.0249. The normalized spacial score (nSPS) is 13.0. The van der Waals surface area contributed by atoms with Crippen LogP contribution in [-0.4, -0.2) is 35.6 Å². The van der Waals surface area contributed by atoms with Crippen molar-refractivity contribution in [3.05, 3.63) is 65.7 Å². The van der Waals surface area contributed by atoms with Crippen molar-refractivity contribution in [2.24, 2.45) is 0 Å². The van der Waals surface area contributed by atoms with Gasteiger partial charge in [-0.2, -0.15) is 0 Å². The summed E-state index contributed by atoms with van der Waals surface area (Å²) in [5, 5.41) is 12.9. The topological polar surface area (TPSA) is 75.6 Å². The first-order valence-corrected chi connectivity index (χ1v) is 7.59. The largest absolute Gasteiger partial charge is 0.464 e. The SMILES string of the molecule is CCOC(=O)C(Nc1ccc(F)c(F)c1)C(O)C(=O)c1ccccc1. The summed E-state index contributed by atoms with van der Waals surface area (Å²) in [6.07, 6.45) is -1.77. The van der Waals surface area contributed by atoms with E-state index in [0.29, 0.717) is 0 Å². The molecule has 0 fully saturated rings. The van der Waals surface area contributed by atoms with Crippen LogP contribution in [0.3, 0.4) is 0 Å². The molecule has 2 N–H and O–H groups in total. The molecule has 7 heteroatoms. The quantitative estimate of drug-likeness (QED) is 0.593. The molecule has 5 nitrogen and oxygen atoms in total. The van der Waals surface area contributed by atoms with Gasteiger partial charge in [0.15, 0.2) is 23.5 Å². The maximum Gasteiger partial charge on any atom is 0.331 e. The molecule has 25 heavy (non-hydrogen) atoms. The first-order chi connectivity index (χ1) is 11.9. The number of rotatable bonds is 7. The monoisotopic (exact) mass is 349 g/mol. The lowest BCUT2D eigenvalue weighted by Gasteiger charge is -2.22. The van der Waals surface area contributed by atoms with Crippen molar-refractivity contribution in [2.75, 3.05) is 11.9 Å². The van der Waals surface area contributed by atoms with Crippen LogP contribution in [0.15, 0.2) is 48.5 Å². The lowest BCUT2D eigenvalue weighted by molar-refractivity contribution is -0.145. The summed E-state index contributed by atoms with van der Waals surface area (Å²) in [6, 6.07) is 9.31. The van der Waals surface area contributed by atoms with Gasteiger partial charge in [-0.1, -0.05) is 30.3 Å². The van der Waals surface area contributed by atoms with Crippen LogP contribution >= 0.6 is 0 Å². The zero-order valence-electron chi connectivity index (χ0n) is 13.4. The lowest BCUT2D eigenvalue weighted by Crippen LogP contribution is -2.46. The minimum Gasteiger partial charge on any atom is -0.464 e. The number of anilines is 1. The Morgan fingerprint density at radius 2 is 1.80 bits per heavy atom. The molecule has 132 valence electrons. The molecule has 0 aliphatic carbocycles. The number of carbonyl (C=O) groups excluding carboxylic acids is 2. The number of aliphatic hydroxyl groups excluding tert-OH is 1. The van der Waals surface area contributed by atoms with E-state index >= 15 is 0 Å². The highest BCUT2D eigenvalue weighted by Gasteiger charge is 2.34. The predicted molar refractivity (Wildman–Crippen MR) is 87.2 cm³/mol. The van der Waals surface area contributed by atoms with Gasteiger partial charge in [0.25, 0.3) is 0 Å². The number of carbonyl (C=O) groups is 2. The second kappa shape index (κ2) is 8.34. The van der Waals surface area contributed by atoms with Crippen molar-refractivity contribution in [3.63, 3.8) is 0 Å². The van der Waals surface area contributed by atoms with Crippen LogP contribution in [0.1, 0.15) is 17.3 Å². The molecule has 0 radical (unpaired) electrons. The highest BCUT2D eigenvalue weighted by molar-refractivity contribution is 6.03. The summed E-state index contributed by atoms with van der Waals surface area (Å²) in [6.45, 7) is 1.60. The Kier molecular flexibility index (Phi) is 6.19. The van der Waals surface area contributed by atoms with Gasteiger partial charge in [0.2, 0.25) is 0 Å². The first kappa shape index (κ1) is 18.5.